The molecule has 1 aromatic carbocycles. The molecule has 0 unspecified atom stereocenters. The predicted octanol–water partition coefficient (Wildman–Crippen LogP) is 1.97. The minimum Gasteiger partial charge on any atom is -0.496 e. The summed E-state index contributed by atoms with van der Waals surface area (Å²) >= 11 is 0. The maximum absolute atomic E-state index is 12.5. The molecule has 1 N–H and O–H groups in total. The van der Waals surface area contributed by atoms with Crippen molar-refractivity contribution in [3.63, 3.8) is 0 Å². The summed E-state index contributed by atoms with van der Waals surface area (Å²) in [7, 11) is 1.64. The summed E-state index contributed by atoms with van der Waals surface area (Å²) < 4.78 is 10.8. The largest absolute Gasteiger partial charge is 0.496 e. The number of benzene rings is 1. The van der Waals surface area contributed by atoms with Crippen LogP contribution in [0, 0.1) is 5.92 Å². The average Bonchev–Trinajstić information content (AvgIpc) is 2.55. The molecule has 0 radical (unpaired) electrons. The van der Waals surface area contributed by atoms with E-state index in [1.54, 1.807) is 12.0 Å². The normalized spacial score (nSPS) is 18.9. The van der Waals surface area contributed by atoms with Crippen molar-refractivity contribution in [1.82, 2.24) is 4.90 Å². The number of methoxy groups -OCH3 is 1. The number of para-hydroxylation sites is 1. The molecule has 132 valence electrons. The molecule has 1 aliphatic heterocycles. The number of nitrogens with zero attached hydrogens (tertiary/aromatic N) is 1. The number of rotatable bonds is 7. The fourth-order valence-corrected chi connectivity index (χ4v) is 3.01. The fraction of sp³-hybridized carbons (Fsp3) is 0.556. The Hall–Kier alpha value is -2.08. The van der Waals surface area contributed by atoms with E-state index in [2.05, 4.69) is 0 Å². The molecule has 1 saturated heterocycles. The zero-order valence-electron chi connectivity index (χ0n) is 14.2. The minimum absolute atomic E-state index is 0.0519. The smallest absolute Gasteiger partial charge is 0.306 e. The second-order valence-corrected chi connectivity index (χ2v) is 6.26. The van der Waals surface area contributed by atoms with Gasteiger partial charge in [-0.15, -0.1) is 0 Å². The highest BCUT2D eigenvalue weighted by atomic mass is 16.5. The number of amides is 1. The number of carbonyl (C=O) groups is 2. The van der Waals surface area contributed by atoms with Crippen LogP contribution in [0.3, 0.4) is 0 Å². The van der Waals surface area contributed by atoms with Crippen LogP contribution in [0.5, 0.6) is 5.75 Å². The van der Waals surface area contributed by atoms with Crippen LogP contribution in [0.25, 0.3) is 0 Å². The molecule has 0 aliphatic carbocycles. The highest BCUT2D eigenvalue weighted by Crippen LogP contribution is 2.23. The summed E-state index contributed by atoms with van der Waals surface area (Å²) in [5, 5.41) is 8.85. The van der Waals surface area contributed by atoms with Gasteiger partial charge in [-0.25, -0.2) is 0 Å². The molecule has 1 amide bonds. The average molecular weight is 335 g/mol. The number of carbonyl (C=O) groups excluding carboxylic acids is 1. The van der Waals surface area contributed by atoms with Gasteiger partial charge in [-0.1, -0.05) is 25.1 Å². The molecular formula is C18H25NO5. The van der Waals surface area contributed by atoms with Crippen molar-refractivity contribution in [3.05, 3.63) is 29.8 Å². The van der Waals surface area contributed by atoms with Crippen molar-refractivity contribution in [1.29, 1.82) is 0 Å². The van der Waals surface area contributed by atoms with E-state index in [9.17, 15) is 9.59 Å². The molecule has 1 heterocycles. The van der Waals surface area contributed by atoms with E-state index in [1.807, 2.05) is 31.2 Å². The molecule has 0 saturated carbocycles. The highest BCUT2D eigenvalue weighted by Gasteiger charge is 2.26. The number of hydrogen-bond acceptors (Lipinski definition) is 4. The van der Waals surface area contributed by atoms with Crippen LogP contribution in [0.15, 0.2) is 24.3 Å². The minimum atomic E-state index is -0.904. The van der Waals surface area contributed by atoms with Crippen LogP contribution >= 0.6 is 0 Å². The maximum Gasteiger partial charge on any atom is 0.306 e. The van der Waals surface area contributed by atoms with E-state index in [4.69, 9.17) is 14.6 Å². The Balaban J connectivity index is 1.87. The quantitative estimate of drug-likeness (QED) is 0.824. The highest BCUT2D eigenvalue weighted by molar-refractivity contribution is 5.76. The zero-order valence-corrected chi connectivity index (χ0v) is 14.2. The van der Waals surface area contributed by atoms with Crippen LogP contribution < -0.4 is 4.74 Å². The number of ether oxygens (including phenoxy) is 2. The molecule has 0 aromatic heterocycles. The van der Waals surface area contributed by atoms with Gasteiger partial charge in [0.2, 0.25) is 5.91 Å². The lowest BCUT2D eigenvalue weighted by atomic mass is 9.96. The molecule has 2 rings (SSSR count). The van der Waals surface area contributed by atoms with E-state index in [1.165, 1.54) is 0 Å². The third-order valence-electron chi connectivity index (χ3n) is 4.18. The first-order valence-electron chi connectivity index (χ1n) is 8.22. The van der Waals surface area contributed by atoms with Crippen molar-refractivity contribution in [2.75, 3.05) is 26.8 Å². The molecule has 2 atom stereocenters. The summed E-state index contributed by atoms with van der Waals surface area (Å²) in [4.78, 5) is 25.0. The van der Waals surface area contributed by atoms with Gasteiger partial charge in [-0.3, -0.25) is 9.59 Å². The maximum atomic E-state index is 12.5. The molecular weight excluding hydrogens is 310 g/mol. The van der Waals surface area contributed by atoms with E-state index in [0.717, 1.165) is 17.7 Å². The Labute approximate surface area is 142 Å². The zero-order chi connectivity index (χ0) is 17.5. The van der Waals surface area contributed by atoms with Crippen molar-refractivity contribution >= 4 is 11.9 Å². The van der Waals surface area contributed by atoms with E-state index < -0.39 is 12.1 Å². The number of carboxylic acid groups (broad SMARTS) is 1. The molecule has 1 fully saturated rings. The van der Waals surface area contributed by atoms with Crippen LogP contribution in [-0.4, -0.2) is 54.8 Å². The van der Waals surface area contributed by atoms with Crippen molar-refractivity contribution in [2.45, 2.75) is 32.3 Å². The molecule has 24 heavy (non-hydrogen) atoms. The van der Waals surface area contributed by atoms with Crippen LogP contribution in [-0.2, 0) is 20.7 Å². The van der Waals surface area contributed by atoms with Gasteiger partial charge < -0.3 is 19.5 Å². The van der Waals surface area contributed by atoms with Gasteiger partial charge in [-0.2, -0.15) is 0 Å². The molecule has 1 aromatic rings. The summed E-state index contributed by atoms with van der Waals surface area (Å²) in [6, 6.07) is 7.82. The van der Waals surface area contributed by atoms with Crippen molar-refractivity contribution in [2.24, 2.45) is 5.92 Å². The summed E-state index contributed by atoms with van der Waals surface area (Å²) in [6.07, 6.45) is 0.710. The third kappa shape index (κ3) is 5.23. The van der Waals surface area contributed by atoms with E-state index in [-0.39, 0.29) is 18.2 Å². The SMILES string of the molecule is COc1ccccc1C[C@@H](C)CC(=O)N1CCO[C@@H](CC(=O)O)C1. The van der Waals surface area contributed by atoms with E-state index in [0.29, 0.717) is 26.1 Å². The molecule has 1 aliphatic rings. The number of morpholine rings is 1. The number of carboxylic acids is 1. The fourth-order valence-electron chi connectivity index (χ4n) is 3.01. The topological polar surface area (TPSA) is 76.1 Å². The Kier molecular flexibility index (Phi) is 6.61. The van der Waals surface area contributed by atoms with Gasteiger partial charge in [0.05, 0.1) is 26.2 Å². The van der Waals surface area contributed by atoms with Crippen molar-refractivity contribution < 1.29 is 24.2 Å². The molecule has 6 nitrogen and oxygen atoms in total. The summed E-state index contributed by atoms with van der Waals surface area (Å²) in [5.41, 5.74) is 1.09. The van der Waals surface area contributed by atoms with Gasteiger partial charge in [0.25, 0.3) is 0 Å². The lowest BCUT2D eigenvalue weighted by molar-refractivity contribution is -0.148. The predicted molar refractivity (Wildman–Crippen MR) is 89.1 cm³/mol. The first kappa shape index (κ1) is 18.3. The Morgan fingerprint density at radius 3 is 2.88 bits per heavy atom. The van der Waals surface area contributed by atoms with Crippen LogP contribution in [0.2, 0.25) is 0 Å². The molecule has 6 heteroatoms. The van der Waals surface area contributed by atoms with Gasteiger partial charge in [0, 0.05) is 19.5 Å². The first-order valence-corrected chi connectivity index (χ1v) is 8.22. The van der Waals surface area contributed by atoms with E-state index >= 15 is 0 Å². The Morgan fingerprint density at radius 2 is 2.17 bits per heavy atom. The molecule has 0 spiro atoms. The monoisotopic (exact) mass is 335 g/mol. The first-order chi connectivity index (χ1) is 11.5. The van der Waals surface area contributed by atoms with Crippen molar-refractivity contribution in [3.8, 4) is 5.75 Å². The third-order valence-corrected chi connectivity index (χ3v) is 4.18. The Morgan fingerprint density at radius 1 is 1.42 bits per heavy atom. The number of hydrogen-bond donors (Lipinski definition) is 1. The van der Waals surface area contributed by atoms with Gasteiger partial charge in [0.15, 0.2) is 0 Å². The number of aliphatic carboxylic acids is 1. The van der Waals surface area contributed by atoms with Gasteiger partial charge >= 0.3 is 5.97 Å². The summed E-state index contributed by atoms with van der Waals surface area (Å²) in [5.74, 6) is 0.161. The summed E-state index contributed by atoms with van der Waals surface area (Å²) in [6.45, 7) is 3.31. The second kappa shape index (κ2) is 8.68. The van der Waals surface area contributed by atoms with Crippen LogP contribution in [0.1, 0.15) is 25.3 Å². The van der Waals surface area contributed by atoms with Gasteiger partial charge in [-0.05, 0) is 24.0 Å². The lowest BCUT2D eigenvalue weighted by Gasteiger charge is -2.33. The Bertz CT molecular complexity index is 574. The lowest BCUT2D eigenvalue weighted by Crippen LogP contribution is -2.46. The van der Waals surface area contributed by atoms with Gasteiger partial charge in [0.1, 0.15) is 5.75 Å². The molecule has 0 bridgehead atoms. The standard InChI is InChI=1S/C18H25NO5/c1-13(9-14-5-3-4-6-16(14)23-2)10-17(20)19-7-8-24-15(12-19)11-18(21)22/h3-6,13,15H,7-12H2,1-2H3,(H,21,22)/t13-,15+/m1/s1. The second-order valence-electron chi connectivity index (χ2n) is 6.26. The van der Waals surface area contributed by atoms with Crippen LogP contribution in [0.4, 0.5) is 0 Å².